The summed E-state index contributed by atoms with van der Waals surface area (Å²) in [6.45, 7) is 6.58. The van der Waals surface area contributed by atoms with Crippen molar-refractivity contribution in [2.24, 2.45) is 5.92 Å². The van der Waals surface area contributed by atoms with Crippen LogP contribution >= 0.6 is 0 Å². The Morgan fingerprint density at radius 3 is 2.22 bits per heavy atom. The summed E-state index contributed by atoms with van der Waals surface area (Å²) in [5, 5.41) is 0. The first-order valence-corrected chi connectivity index (χ1v) is 3.85. The van der Waals surface area contributed by atoms with E-state index in [-0.39, 0.29) is 0 Å². The molecule has 3 atom stereocenters. The number of ether oxygens (including phenoxy) is 1. The lowest BCUT2D eigenvalue weighted by Crippen LogP contribution is -2.29. The molecule has 0 spiro atoms. The molecule has 0 amide bonds. The highest BCUT2D eigenvalue weighted by atomic mass is 16.5. The lowest BCUT2D eigenvalue weighted by atomic mass is 9.95. The lowest BCUT2D eigenvalue weighted by molar-refractivity contribution is -0.0594. The van der Waals surface area contributed by atoms with Gasteiger partial charge in [0.2, 0.25) is 0 Å². The number of hydrogen-bond acceptors (Lipinski definition) is 1. The van der Waals surface area contributed by atoms with Gasteiger partial charge in [0.1, 0.15) is 0 Å². The van der Waals surface area contributed by atoms with Gasteiger partial charge in [-0.05, 0) is 32.6 Å². The standard InChI is InChI=1S/C8H16O/c1-6-4-5-7(2)9-8(6)3/h6-8H,4-5H2,1-3H3/t6-,7?,8?/m0/s1. The van der Waals surface area contributed by atoms with Crippen molar-refractivity contribution in [3.05, 3.63) is 0 Å². The number of hydrogen-bond donors (Lipinski definition) is 0. The fourth-order valence-corrected chi connectivity index (χ4v) is 1.30. The highest BCUT2D eigenvalue weighted by molar-refractivity contribution is 4.70. The molecule has 0 aromatic carbocycles. The zero-order chi connectivity index (χ0) is 6.85. The fourth-order valence-electron chi connectivity index (χ4n) is 1.30. The van der Waals surface area contributed by atoms with Crippen LogP contribution in [0, 0.1) is 5.92 Å². The van der Waals surface area contributed by atoms with Crippen molar-refractivity contribution in [3.8, 4) is 0 Å². The van der Waals surface area contributed by atoms with Gasteiger partial charge >= 0.3 is 0 Å². The van der Waals surface area contributed by atoms with Crippen LogP contribution in [0.4, 0.5) is 0 Å². The minimum absolute atomic E-state index is 0.480. The highest BCUT2D eigenvalue weighted by Gasteiger charge is 2.21. The molecule has 1 rings (SSSR count). The molecule has 0 bridgehead atoms. The van der Waals surface area contributed by atoms with Crippen molar-refractivity contribution < 1.29 is 4.74 Å². The summed E-state index contributed by atoms with van der Waals surface area (Å²) in [4.78, 5) is 0. The normalized spacial score (nSPS) is 45.0. The van der Waals surface area contributed by atoms with E-state index in [4.69, 9.17) is 4.74 Å². The molecule has 1 aliphatic heterocycles. The molecule has 0 aromatic rings. The minimum Gasteiger partial charge on any atom is -0.375 e. The average Bonchev–Trinajstić information content (AvgIpc) is 1.80. The Labute approximate surface area is 57.4 Å². The van der Waals surface area contributed by atoms with E-state index in [0.717, 1.165) is 5.92 Å². The molecule has 1 saturated heterocycles. The zero-order valence-electron chi connectivity index (χ0n) is 6.55. The molecule has 0 radical (unpaired) electrons. The Kier molecular flexibility index (Phi) is 2.12. The van der Waals surface area contributed by atoms with E-state index in [1.54, 1.807) is 0 Å². The molecular weight excluding hydrogens is 112 g/mol. The molecular formula is C8H16O. The van der Waals surface area contributed by atoms with Gasteiger partial charge in [0.05, 0.1) is 12.2 Å². The predicted molar refractivity (Wildman–Crippen MR) is 38.4 cm³/mol. The summed E-state index contributed by atoms with van der Waals surface area (Å²) in [5.74, 6) is 0.765. The molecule has 1 nitrogen and oxygen atoms in total. The van der Waals surface area contributed by atoms with Crippen molar-refractivity contribution >= 4 is 0 Å². The van der Waals surface area contributed by atoms with Gasteiger partial charge in [-0.25, -0.2) is 0 Å². The number of rotatable bonds is 0. The van der Waals surface area contributed by atoms with Crippen LogP contribution in [0.15, 0.2) is 0 Å². The third kappa shape index (κ3) is 1.68. The summed E-state index contributed by atoms with van der Waals surface area (Å²) in [6.07, 6.45) is 3.55. The van der Waals surface area contributed by atoms with Gasteiger partial charge < -0.3 is 4.74 Å². The lowest BCUT2D eigenvalue weighted by Gasteiger charge is -2.30. The van der Waals surface area contributed by atoms with Crippen LogP contribution in [-0.4, -0.2) is 12.2 Å². The fraction of sp³-hybridized carbons (Fsp3) is 1.00. The molecule has 0 aromatic heterocycles. The topological polar surface area (TPSA) is 9.23 Å². The van der Waals surface area contributed by atoms with E-state index in [9.17, 15) is 0 Å². The van der Waals surface area contributed by atoms with Gasteiger partial charge in [0.25, 0.3) is 0 Å². The molecule has 1 aliphatic rings. The molecule has 9 heavy (non-hydrogen) atoms. The molecule has 1 heteroatoms. The second-order valence-corrected chi connectivity index (χ2v) is 3.21. The Morgan fingerprint density at radius 2 is 1.78 bits per heavy atom. The molecule has 0 saturated carbocycles. The second kappa shape index (κ2) is 2.70. The van der Waals surface area contributed by atoms with Crippen molar-refractivity contribution in [1.82, 2.24) is 0 Å². The SMILES string of the molecule is CC1CC[C@H](C)C(C)O1. The Bertz CT molecular complexity index is 90.6. The van der Waals surface area contributed by atoms with Crippen LogP contribution in [0.3, 0.4) is 0 Å². The van der Waals surface area contributed by atoms with Gasteiger partial charge in [0.15, 0.2) is 0 Å². The van der Waals surface area contributed by atoms with E-state index in [0.29, 0.717) is 12.2 Å². The van der Waals surface area contributed by atoms with Crippen molar-refractivity contribution in [1.29, 1.82) is 0 Å². The Morgan fingerprint density at radius 1 is 1.11 bits per heavy atom. The smallest absolute Gasteiger partial charge is 0.0576 e. The minimum atomic E-state index is 0.480. The van der Waals surface area contributed by atoms with E-state index in [1.807, 2.05) is 0 Å². The predicted octanol–water partition coefficient (Wildman–Crippen LogP) is 2.21. The maximum Gasteiger partial charge on any atom is 0.0576 e. The Balaban J connectivity index is 2.35. The van der Waals surface area contributed by atoms with Crippen LogP contribution in [0.2, 0.25) is 0 Å². The van der Waals surface area contributed by atoms with Crippen LogP contribution in [0.1, 0.15) is 33.6 Å². The monoisotopic (exact) mass is 128 g/mol. The average molecular weight is 128 g/mol. The first-order chi connectivity index (χ1) is 4.20. The molecule has 1 heterocycles. The molecule has 54 valence electrons. The quantitative estimate of drug-likeness (QED) is 0.486. The highest BCUT2D eigenvalue weighted by Crippen LogP contribution is 2.23. The molecule has 1 fully saturated rings. The summed E-state index contributed by atoms with van der Waals surface area (Å²) >= 11 is 0. The van der Waals surface area contributed by atoms with Gasteiger partial charge in [-0.15, -0.1) is 0 Å². The van der Waals surface area contributed by atoms with E-state index in [1.165, 1.54) is 12.8 Å². The van der Waals surface area contributed by atoms with Crippen molar-refractivity contribution in [2.75, 3.05) is 0 Å². The second-order valence-electron chi connectivity index (χ2n) is 3.21. The molecule has 0 N–H and O–H groups in total. The maximum atomic E-state index is 5.60. The van der Waals surface area contributed by atoms with E-state index >= 15 is 0 Å². The van der Waals surface area contributed by atoms with Gasteiger partial charge in [-0.3, -0.25) is 0 Å². The van der Waals surface area contributed by atoms with Crippen LogP contribution < -0.4 is 0 Å². The Hall–Kier alpha value is -0.0400. The summed E-state index contributed by atoms with van der Waals surface area (Å²) in [5.41, 5.74) is 0. The van der Waals surface area contributed by atoms with Crippen LogP contribution in [0.5, 0.6) is 0 Å². The summed E-state index contributed by atoms with van der Waals surface area (Å²) in [6, 6.07) is 0. The van der Waals surface area contributed by atoms with Gasteiger partial charge in [-0.1, -0.05) is 6.92 Å². The first kappa shape index (κ1) is 7.07. The largest absolute Gasteiger partial charge is 0.375 e. The third-order valence-corrected chi connectivity index (χ3v) is 2.28. The third-order valence-electron chi connectivity index (χ3n) is 2.28. The van der Waals surface area contributed by atoms with Gasteiger partial charge in [-0.2, -0.15) is 0 Å². The van der Waals surface area contributed by atoms with Crippen LogP contribution in [0.25, 0.3) is 0 Å². The van der Waals surface area contributed by atoms with E-state index < -0.39 is 0 Å². The van der Waals surface area contributed by atoms with Gasteiger partial charge in [0, 0.05) is 0 Å². The van der Waals surface area contributed by atoms with Crippen LogP contribution in [-0.2, 0) is 4.74 Å². The molecule has 0 aliphatic carbocycles. The molecule has 2 unspecified atom stereocenters. The zero-order valence-corrected chi connectivity index (χ0v) is 6.55. The van der Waals surface area contributed by atoms with Crippen molar-refractivity contribution in [3.63, 3.8) is 0 Å². The summed E-state index contributed by atoms with van der Waals surface area (Å²) < 4.78 is 5.60. The maximum absolute atomic E-state index is 5.60. The summed E-state index contributed by atoms with van der Waals surface area (Å²) in [7, 11) is 0. The van der Waals surface area contributed by atoms with E-state index in [2.05, 4.69) is 20.8 Å². The first-order valence-electron chi connectivity index (χ1n) is 3.85. The van der Waals surface area contributed by atoms with Crippen molar-refractivity contribution in [2.45, 2.75) is 45.8 Å².